The van der Waals surface area contributed by atoms with Gasteiger partial charge < -0.3 is 19.9 Å². The highest BCUT2D eigenvalue weighted by Gasteiger charge is 2.32. The average molecular weight is 245 g/mol. The number of hydrogen-bond acceptors (Lipinski definition) is 4. The summed E-state index contributed by atoms with van der Waals surface area (Å²) in [6.45, 7) is 10.6. The Morgan fingerprint density at radius 3 is 1.82 bits per heavy atom. The lowest BCUT2D eigenvalue weighted by atomic mass is 10.1. The number of carbonyl (C=O) groups excluding carboxylic acids is 1. The van der Waals surface area contributed by atoms with Gasteiger partial charge in [0.15, 0.2) is 0 Å². The van der Waals surface area contributed by atoms with Gasteiger partial charge in [0.2, 0.25) is 5.91 Å². The minimum Gasteiger partial charge on any atom is -0.366 e. The zero-order valence-electron chi connectivity index (χ0n) is 11.0. The number of hydrogen-bond donors (Lipinski definition) is 1. The van der Waals surface area contributed by atoms with Crippen molar-refractivity contribution >= 4 is 5.91 Å². The van der Waals surface area contributed by atoms with Crippen molar-refractivity contribution in [3.05, 3.63) is 12.2 Å². The second kappa shape index (κ2) is 8.22. The van der Waals surface area contributed by atoms with Gasteiger partial charge in [0.05, 0.1) is 0 Å². The van der Waals surface area contributed by atoms with E-state index in [1.165, 1.54) is 0 Å². The van der Waals surface area contributed by atoms with Gasteiger partial charge in [-0.15, -0.1) is 0 Å². The molecule has 0 aromatic heterocycles. The Kier molecular flexibility index (Phi) is 7.78. The zero-order chi connectivity index (χ0) is 13.3. The number of rotatable bonds is 10. The normalized spacial score (nSPS) is 11.5. The van der Waals surface area contributed by atoms with Crippen molar-refractivity contribution in [2.24, 2.45) is 5.73 Å². The number of amides is 1. The molecule has 0 fully saturated rings. The highest BCUT2D eigenvalue weighted by Crippen LogP contribution is 2.24. The molecule has 0 aliphatic rings. The van der Waals surface area contributed by atoms with Gasteiger partial charge >= 0.3 is 0 Å². The van der Waals surface area contributed by atoms with Crippen molar-refractivity contribution in [3.8, 4) is 0 Å². The summed E-state index contributed by atoms with van der Waals surface area (Å²) in [6, 6.07) is 0. The number of carbonyl (C=O) groups is 1. The summed E-state index contributed by atoms with van der Waals surface area (Å²) >= 11 is 0. The molecule has 0 aliphatic heterocycles. The number of nitrogens with two attached hydrogens (primary N) is 1. The van der Waals surface area contributed by atoms with Gasteiger partial charge in [0, 0.05) is 31.8 Å². The molecule has 0 unspecified atom stereocenters. The fourth-order valence-electron chi connectivity index (χ4n) is 1.43. The van der Waals surface area contributed by atoms with Crippen molar-refractivity contribution < 1.29 is 19.0 Å². The molecule has 0 saturated heterocycles. The molecule has 0 aliphatic carbocycles. The van der Waals surface area contributed by atoms with Gasteiger partial charge in [-0.2, -0.15) is 0 Å². The molecule has 0 heterocycles. The second-order valence-corrected chi connectivity index (χ2v) is 3.45. The van der Waals surface area contributed by atoms with Crippen LogP contribution in [0.5, 0.6) is 0 Å². The van der Waals surface area contributed by atoms with Crippen molar-refractivity contribution in [2.45, 2.75) is 39.6 Å². The lowest BCUT2D eigenvalue weighted by Gasteiger charge is -2.32. The van der Waals surface area contributed by atoms with Gasteiger partial charge in [0.25, 0.3) is 5.97 Å². The molecule has 0 rings (SSSR count). The van der Waals surface area contributed by atoms with E-state index in [4.69, 9.17) is 19.9 Å². The topological polar surface area (TPSA) is 70.8 Å². The standard InChI is InChI=1S/C12H23NO4/c1-5-15-12(16-6-2,17-7-3)9-8-10(4)11(13)14/h4-9H2,1-3H3,(H2,13,14). The molecule has 0 spiro atoms. The molecule has 0 radical (unpaired) electrons. The first-order chi connectivity index (χ1) is 8.01. The second-order valence-electron chi connectivity index (χ2n) is 3.45. The first-order valence-electron chi connectivity index (χ1n) is 5.90. The molecule has 5 heteroatoms. The van der Waals surface area contributed by atoms with E-state index in [0.717, 1.165) is 0 Å². The van der Waals surface area contributed by atoms with E-state index in [1.807, 2.05) is 20.8 Å². The maximum atomic E-state index is 10.9. The minimum atomic E-state index is -1.10. The molecule has 5 nitrogen and oxygen atoms in total. The summed E-state index contributed by atoms with van der Waals surface area (Å²) in [5, 5.41) is 0. The van der Waals surface area contributed by atoms with Gasteiger partial charge in [0.1, 0.15) is 0 Å². The van der Waals surface area contributed by atoms with Crippen molar-refractivity contribution in [3.63, 3.8) is 0 Å². The predicted molar refractivity (Wildman–Crippen MR) is 65.2 cm³/mol. The van der Waals surface area contributed by atoms with Crippen molar-refractivity contribution in [2.75, 3.05) is 19.8 Å². The third-order valence-electron chi connectivity index (χ3n) is 2.17. The Balaban J connectivity index is 4.53. The Bertz CT molecular complexity index is 236. The Morgan fingerprint density at radius 2 is 1.53 bits per heavy atom. The molecule has 0 aromatic carbocycles. The minimum absolute atomic E-state index is 0.341. The molecular formula is C12H23NO4. The monoisotopic (exact) mass is 245 g/mol. The van der Waals surface area contributed by atoms with Crippen molar-refractivity contribution in [1.82, 2.24) is 0 Å². The molecule has 0 atom stereocenters. The van der Waals surface area contributed by atoms with Gasteiger partial charge in [-0.3, -0.25) is 4.79 Å². The highest BCUT2D eigenvalue weighted by molar-refractivity contribution is 5.91. The van der Waals surface area contributed by atoms with Crippen LogP contribution in [0.25, 0.3) is 0 Å². The fourth-order valence-corrected chi connectivity index (χ4v) is 1.43. The quantitative estimate of drug-likeness (QED) is 0.468. The molecular weight excluding hydrogens is 222 g/mol. The molecule has 1 amide bonds. The summed E-state index contributed by atoms with van der Waals surface area (Å²) in [6.07, 6.45) is 0.777. The van der Waals surface area contributed by atoms with Crippen LogP contribution in [-0.4, -0.2) is 31.7 Å². The molecule has 0 saturated carbocycles. The number of ether oxygens (including phenoxy) is 3. The summed E-state index contributed by atoms with van der Waals surface area (Å²) < 4.78 is 16.5. The van der Waals surface area contributed by atoms with Crippen LogP contribution in [0.4, 0.5) is 0 Å². The van der Waals surface area contributed by atoms with Crippen molar-refractivity contribution in [1.29, 1.82) is 0 Å². The summed E-state index contributed by atoms with van der Waals surface area (Å²) in [7, 11) is 0. The van der Waals surface area contributed by atoms with Crippen LogP contribution >= 0.6 is 0 Å². The maximum Gasteiger partial charge on any atom is 0.283 e. The third-order valence-corrected chi connectivity index (χ3v) is 2.17. The van der Waals surface area contributed by atoms with E-state index in [-0.39, 0.29) is 0 Å². The smallest absolute Gasteiger partial charge is 0.283 e. The van der Waals surface area contributed by atoms with E-state index in [9.17, 15) is 4.79 Å². The Hall–Kier alpha value is -0.910. The SMILES string of the molecule is C=C(CCC(OCC)(OCC)OCC)C(N)=O. The first-order valence-corrected chi connectivity index (χ1v) is 5.90. The number of primary amides is 1. The van der Waals surface area contributed by atoms with E-state index in [0.29, 0.717) is 38.2 Å². The van der Waals surface area contributed by atoms with Gasteiger partial charge in [-0.25, -0.2) is 0 Å². The van der Waals surface area contributed by atoms with Crippen LogP contribution in [0.2, 0.25) is 0 Å². The van der Waals surface area contributed by atoms with Gasteiger partial charge in [-0.1, -0.05) is 6.58 Å². The van der Waals surface area contributed by atoms with E-state index in [1.54, 1.807) is 0 Å². The van der Waals surface area contributed by atoms with Crippen LogP contribution in [0.3, 0.4) is 0 Å². The van der Waals surface area contributed by atoms with E-state index < -0.39 is 11.9 Å². The summed E-state index contributed by atoms with van der Waals surface area (Å²) in [5.74, 6) is -1.61. The predicted octanol–water partition coefficient (Wildman–Crippen LogP) is 1.57. The van der Waals surface area contributed by atoms with Crippen LogP contribution in [0, 0.1) is 0 Å². The van der Waals surface area contributed by atoms with Crippen LogP contribution in [0.15, 0.2) is 12.2 Å². The zero-order valence-corrected chi connectivity index (χ0v) is 11.0. The molecule has 100 valence electrons. The average Bonchev–Trinajstić information content (AvgIpc) is 2.27. The van der Waals surface area contributed by atoms with Crippen LogP contribution in [0.1, 0.15) is 33.6 Å². The summed E-state index contributed by atoms with van der Waals surface area (Å²) in [4.78, 5) is 10.9. The van der Waals surface area contributed by atoms with Crippen LogP contribution < -0.4 is 5.73 Å². The van der Waals surface area contributed by atoms with Crippen LogP contribution in [-0.2, 0) is 19.0 Å². The molecule has 17 heavy (non-hydrogen) atoms. The largest absolute Gasteiger partial charge is 0.366 e. The molecule has 0 bridgehead atoms. The Labute approximate surface area is 103 Å². The first kappa shape index (κ1) is 16.1. The highest BCUT2D eigenvalue weighted by atomic mass is 16.9. The lowest BCUT2D eigenvalue weighted by Crippen LogP contribution is -2.39. The summed E-state index contributed by atoms with van der Waals surface area (Å²) in [5.41, 5.74) is 5.47. The molecule has 2 N–H and O–H groups in total. The van der Waals surface area contributed by atoms with E-state index >= 15 is 0 Å². The van der Waals surface area contributed by atoms with Gasteiger partial charge in [-0.05, 0) is 27.2 Å². The maximum absolute atomic E-state index is 10.9. The third kappa shape index (κ3) is 5.81. The Morgan fingerprint density at radius 1 is 1.12 bits per heavy atom. The fraction of sp³-hybridized carbons (Fsp3) is 0.750. The van der Waals surface area contributed by atoms with E-state index in [2.05, 4.69) is 6.58 Å². The lowest BCUT2D eigenvalue weighted by molar-refractivity contribution is -0.379. The molecule has 0 aromatic rings.